The van der Waals surface area contributed by atoms with E-state index in [1.165, 1.54) is 22.9 Å². The van der Waals surface area contributed by atoms with Gasteiger partial charge in [-0.2, -0.15) is 0 Å². The number of benzene rings is 1. The molecule has 3 nitrogen and oxygen atoms in total. The molecule has 0 amide bonds. The van der Waals surface area contributed by atoms with Crippen molar-refractivity contribution in [1.29, 1.82) is 0 Å². The highest BCUT2D eigenvalue weighted by atomic mass is 32.2. The van der Waals surface area contributed by atoms with Gasteiger partial charge in [0.1, 0.15) is 9.84 Å². The normalized spacial score (nSPS) is 16.8. The van der Waals surface area contributed by atoms with Gasteiger partial charge in [-0.05, 0) is 24.5 Å². The zero-order valence-electron chi connectivity index (χ0n) is 10.4. The van der Waals surface area contributed by atoms with E-state index in [1.54, 1.807) is 0 Å². The summed E-state index contributed by atoms with van der Waals surface area (Å²) in [5, 5.41) is 0. The number of hydrogen-bond acceptors (Lipinski definition) is 3. The molecule has 0 saturated heterocycles. The highest BCUT2D eigenvalue weighted by Gasteiger charge is 2.17. The lowest BCUT2D eigenvalue weighted by Crippen LogP contribution is -2.34. The zero-order valence-corrected chi connectivity index (χ0v) is 11.3. The summed E-state index contributed by atoms with van der Waals surface area (Å²) < 4.78 is 22.3. The van der Waals surface area contributed by atoms with Crippen LogP contribution in [0, 0.1) is 6.92 Å². The molecule has 4 heteroatoms. The van der Waals surface area contributed by atoms with Crippen LogP contribution < -0.4 is 0 Å². The summed E-state index contributed by atoms with van der Waals surface area (Å²) in [5.74, 6) is 0.258. The standard InChI is InChI=1S/C13H19NO2S/c1-11-3-4-13-10-14(6-5-12(13)9-11)7-8-17(2,15)16/h3-4,9H,5-8,10H2,1-2H3. The molecule has 17 heavy (non-hydrogen) atoms. The average molecular weight is 253 g/mol. The van der Waals surface area contributed by atoms with Crippen LogP contribution in [0.5, 0.6) is 0 Å². The van der Waals surface area contributed by atoms with E-state index in [-0.39, 0.29) is 5.75 Å². The fraction of sp³-hybridized carbons (Fsp3) is 0.538. The molecule has 0 fully saturated rings. The van der Waals surface area contributed by atoms with Crippen molar-refractivity contribution < 1.29 is 8.42 Å². The summed E-state index contributed by atoms with van der Waals surface area (Å²) in [5.41, 5.74) is 4.06. The Kier molecular flexibility index (Phi) is 3.54. The van der Waals surface area contributed by atoms with Gasteiger partial charge in [0.15, 0.2) is 0 Å². The summed E-state index contributed by atoms with van der Waals surface area (Å²) in [4.78, 5) is 2.22. The minimum absolute atomic E-state index is 0.258. The number of nitrogens with zero attached hydrogens (tertiary/aromatic N) is 1. The van der Waals surface area contributed by atoms with Gasteiger partial charge >= 0.3 is 0 Å². The molecule has 0 radical (unpaired) electrons. The smallest absolute Gasteiger partial charge is 0.148 e. The van der Waals surface area contributed by atoms with Gasteiger partial charge in [-0.25, -0.2) is 8.42 Å². The number of rotatable bonds is 3. The molecule has 0 aliphatic carbocycles. The Bertz CT molecular complexity index is 508. The molecule has 1 heterocycles. The van der Waals surface area contributed by atoms with E-state index in [0.717, 1.165) is 19.5 Å². The predicted octanol–water partition coefficient (Wildman–Crippen LogP) is 1.40. The molecule has 0 bridgehead atoms. The molecule has 2 rings (SSSR count). The van der Waals surface area contributed by atoms with Crippen LogP contribution in [-0.4, -0.2) is 38.4 Å². The third-order valence-electron chi connectivity index (χ3n) is 3.23. The molecule has 94 valence electrons. The summed E-state index contributed by atoms with van der Waals surface area (Å²) >= 11 is 0. The summed E-state index contributed by atoms with van der Waals surface area (Å²) in [6.45, 7) is 4.60. The maximum absolute atomic E-state index is 11.1. The lowest BCUT2D eigenvalue weighted by Gasteiger charge is -2.28. The van der Waals surface area contributed by atoms with Crippen LogP contribution in [0.2, 0.25) is 0 Å². The van der Waals surface area contributed by atoms with E-state index >= 15 is 0 Å². The minimum Gasteiger partial charge on any atom is -0.298 e. The van der Waals surface area contributed by atoms with Crippen LogP contribution in [0.3, 0.4) is 0 Å². The third kappa shape index (κ3) is 3.54. The Morgan fingerprint density at radius 1 is 1.29 bits per heavy atom. The maximum Gasteiger partial charge on any atom is 0.148 e. The fourth-order valence-electron chi connectivity index (χ4n) is 2.23. The van der Waals surface area contributed by atoms with Crippen molar-refractivity contribution in [1.82, 2.24) is 4.90 Å². The van der Waals surface area contributed by atoms with Gasteiger partial charge in [-0.1, -0.05) is 23.8 Å². The van der Waals surface area contributed by atoms with Crippen molar-refractivity contribution in [3.63, 3.8) is 0 Å². The fourth-order valence-corrected chi connectivity index (χ4v) is 2.82. The van der Waals surface area contributed by atoms with Gasteiger partial charge in [-0.15, -0.1) is 0 Å². The first-order chi connectivity index (χ1) is 7.94. The second-order valence-electron chi connectivity index (χ2n) is 4.93. The van der Waals surface area contributed by atoms with Crippen LogP contribution in [0.25, 0.3) is 0 Å². The van der Waals surface area contributed by atoms with Crippen LogP contribution in [-0.2, 0) is 22.8 Å². The van der Waals surface area contributed by atoms with Gasteiger partial charge in [0.05, 0.1) is 5.75 Å². The average Bonchev–Trinajstić information content (AvgIpc) is 2.25. The Morgan fingerprint density at radius 3 is 2.76 bits per heavy atom. The van der Waals surface area contributed by atoms with Gasteiger partial charge in [0.25, 0.3) is 0 Å². The molecular formula is C13H19NO2S. The van der Waals surface area contributed by atoms with Crippen LogP contribution in [0.4, 0.5) is 0 Å². The van der Waals surface area contributed by atoms with E-state index in [2.05, 4.69) is 30.0 Å². The van der Waals surface area contributed by atoms with Gasteiger partial charge < -0.3 is 0 Å². The van der Waals surface area contributed by atoms with Crippen molar-refractivity contribution in [2.24, 2.45) is 0 Å². The molecule has 1 aromatic rings. The minimum atomic E-state index is -2.85. The van der Waals surface area contributed by atoms with Crippen molar-refractivity contribution >= 4 is 9.84 Å². The van der Waals surface area contributed by atoms with E-state index < -0.39 is 9.84 Å². The molecule has 0 atom stereocenters. The SMILES string of the molecule is Cc1ccc2c(c1)CCN(CCS(C)(=O)=O)C2. The largest absolute Gasteiger partial charge is 0.298 e. The molecule has 0 N–H and O–H groups in total. The van der Waals surface area contributed by atoms with Crippen molar-refractivity contribution in [2.75, 3.05) is 25.1 Å². The number of fused-ring (bicyclic) bond motifs is 1. The van der Waals surface area contributed by atoms with E-state index in [1.807, 2.05) is 0 Å². The Hall–Kier alpha value is -0.870. The molecule has 0 spiro atoms. The van der Waals surface area contributed by atoms with Gasteiger partial charge in [-0.3, -0.25) is 4.90 Å². The molecule has 0 aromatic heterocycles. The third-order valence-corrected chi connectivity index (χ3v) is 4.16. The Morgan fingerprint density at radius 2 is 2.06 bits per heavy atom. The van der Waals surface area contributed by atoms with Crippen molar-refractivity contribution in [3.8, 4) is 0 Å². The first-order valence-electron chi connectivity index (χ1n) is 5.92. The lowest BCUT2D eigenvalue weighted by atomic mass is 9.98. The zero-order chi connectivity index (χ0) is 12.5. The number of hydrogen-bond donors (Lipinski definition) is 0. The van der Waals surface area contributed by atoms with Crippen LogP contribution in [0.15, 0.2) is 18.2 Å². The molecular weight excluding hydrogens is 234 g/mol. The van der Waals surface area contributed by atoms with Crippen LogP contribution >= 0.6 is 0 Å². The predicted molar refractivity (Wildman–Crippen MR) is 69.9 cm³/mol. The Labute approximate surface area is 103 Å². The molecule has 0 unspecified atom stereocenters. The lowest BCUT2D eigenvalue weighted by molar-refractivity contribution is 0.269. The molecule has 1 aliphatic rings. The highest BCUT2D eigenvalue weighted by molar-refractivity contribution is 7.90. The van der Waals surface area contributed by atoms with Crippen LogP contribution in [0.1, 0.15) is 16.7 Å². The topological polar surface area (TPSA) is 37.4 Å². The number of sulfone groups is 1. The first-order valence-corrected chi connectivity index (χ1v) is 7.98. The second-order valence-corrected chi connectivity index (χ2v) is 7.19. The van der Waals surface area contributed by atoms with Crippen molar-refractivity contribution in [3.05, 3.63) is 34.9 Å². The second kappa shape index (κ2) is 4.78. The molecule has 0 saturated carbocycles. The van der Waals surface area contributed by atoms with E-state index in [0.29, 0.717) is 6.54 Å². The molecule has 1 aromatic carbocycles. The monoisotopic (exact) mass is 253 g/mol. The highest BCUT2D eigenvalue weighted by Crippen LogP contribution is 2.19. The maximum atomic E-state index is 11.1. The van der Waals surface area contributed by atoms with E-state index in [9.17, 15) is 8.42 Å². The first kappa shape index (κ1) is 12.6. The summed E-state index contributed by atoms with van der Waals surface area (Å²) in [6.07, 6.45) is 2.33. The van der Waals surface area contributed by atoms with Gasteiger partial charge in [0, 0.05) is 25.9 Å². The van der Waals surface area contributed by atoms with Gasteiger partial charge in [0.2, 0.25) is 0 Å². The summed E-state index contributed by atoms with van der Waals surface area (Å²) in [6, 6.07) is 6.53. The Balaban J connectivity index is 2.01. The van der Waals surface area contributed by atoms with E-state index in [4.69, 9.17) is 0 Å². The number of aryl methyl sites for hydroxylation is 1. The molecule has 1 aliphatic heterocycles. The quantitative estimate of drug-likeness (QED) is 0.817. The summed E-state index contributed by atoms with van der Waals surface area (Å²) in [7, 11) is -2.85. The van der Waals surface area contributed by atoms with Crippen molar-refractivity contribution in [2.45, 2.75) is 19.9 Å².